The number of halogens is 3. The molecule has 0 aromatic heterocycles. The fourth-order valence-corrected chi connectivity index (χ4v) is 6.22. The van der Waals surface area contributed by atoms with Crippen LogP contribution in [0.3, 0.4) is 0 Å². The maximum Gasteiger partial charge on any atom is 0.501 e. The van der Waals surface area contributed by atoms with Gasteiger partial charge in [0.1, 0.15) is 0 Å². The Balaban J connectivity index is 1.75. The van der Waals surface area contributed by atoms with Gasteiger partial charge in [-0.1, -0.05) is 6.07 Å². The lowest BCUT2D eigenvalue weighted by molar-refractivity contribution is -0.0436. The summed E-state index contributed by atoms with van der Waals surface area (Å²) in [7, 11) is -3.14. The molecule has 1 unspecified atom stereocenters. The average Bonchev–Trinajstić information content (AvgIpc) is 2.98. The maximum atomic E-state index is 12.8. The standard InChI is InChI=1S/C17H20F3NO2S/c1-21-9-12-2-5-15-14-4-3-13(24(22,23)17(18,19)20)8-11(14)6-7-16(12,15)10-21/h3-4,8,12,15H,2,5-7,9-10H2,1H3/t12-,15+,16?/m1/s1. The predicted molar refractivity (Wildman–Crippen MR) is 83.4 cm³/mol. The zero-order chi connectivity index (χ0) is 17.3. The van der Waals surface area contributed by atoms with Gasteiger partial charge in [-0.15, -0.1) is 0 Å². The van der Waals surface area contributed by atoms with Gasteiger partial charge in [-0.2, -0.15) is 13.2 Å². The Morgan fingerprint density at radius 1 is 1.25 bits per heavy atom. The summed E-state index contributed by atoms with van der Waals surface area (Å²) >= 11 is 0. The number of hydrogen-bond donors (Lipinski definition) is 0. The van der Waals surface area contributed by atoms with E-state index in [0.717, 1.165) is 49.5 Å². The first-order valence-electron chi connectivity index (χ1n) is 8.28. The Morgan fingerprint density at radius 2 is 2.00 bits per heavy atom. The number of aryl methyl sites for hydroxylation is 1. The van der Waals surface area contributed by atoms with E-state index in [2.05, 4.69) is 11.9 Å². The first kappa shape index (κ1) is 16.4. The zero-order valence-corrected chi connectivity index (χ0v) is 14.3. The summed E-state index contributed by atoms with van der Waals surface area (Å²) < 4.78 is 61.7. The van der Waals surface area contributed by atoms with E-state index >= 15 is 0 Å². The van der Waals surface area contributed by atoms with Gasteiger partial charge in [-0.05, 0) is 73.2 Å². The second-order valence-electron chi connectivity index (χ2n) is 7.57. The van der Waals surface area contributed by atoms with Crippen molar-refractivity contribution in [2.75, 3.05) is 20.1 Å². The highest BCUT2D eigenvalue weighted by atomic mass is 32.2. The van der Waals surface area contributed by atoms with Gasteiger partial charge >= 0.3 is 5.51 Å². The summed E-state index contributed by atoms with van der Waals surface area (Å²) in [5, 5.41) is 0. The van der Waals surface area contributed by atoms with Crippen molar-refractivity contribution in [3.05, 3.63) is 29.3 Å². The summed E-state index contributed by atoms with van der Waals surface area (Å²) in [6.07, 6.45) is 3.81. The molecule has 3 atom stereocenters. The van der Waals surface area contributed by atoms with E-state index in [1.165, 1.54) is 6.07 Å². The first-order valence-corrected chi connectivity index (χ1v) is 9.76. The van der Waals surface area contributed by atoms with E-state index in [1.54, 1.807) is 6.07 Å². The molecule has 132 valence electrons. The summed E-state index contributed by atoms with van der Waals surface area (Å²) in [5.74, 6) is 0.998. The maximum absolute atomic E-state index is 12.8. The molecule has 4 rings (SSSR count). The van der Waals surface area contributed by atoms with Gasteiger partial charge in [-0.3, -0.25) is 0 Å². The zero-order valence-electron chi connectivity index (χ0n) is 13.4. The number of rotatable bonds is 1. The van der Waals surface area contributed by atoms with Crippen LogP contribution in [0.25, 0.3) is 0 Å². The number of nitrogens with zero attached hydrogens (tertiary/aromatic N) is 1. The molecule has 0 radical (unpaired) electrons. The summed E-state index contributed by atoms with van der Waals surface area (Å²) in [6.45, 7) is 2.12. The fourth-order valence-electron chi connectivity index (χ4n) is 5.41. The van der Waals surface area contributed by atoms with Crippen LogP contribution < -0.4 is 0 Å². The van der Waals surface area contributed by atoms with Gasteiger partial charge < -0.3 is 4.90 Å². The minimum absolute atomic E-state index is 0.228. The van der Waals surface area contributed by atoms with Crippen LogP contribution in [0.2, 0.25) is 0 Å². The highest BCUT2D eigenvalue weighted by molar-refractivity contribution is 7.92. The molecule has 0 amide bonds. The molecule has 0 bridgehead atoms. The van der Waals surface area contributed by atoms with Gasteiger partial charge in [0.2, 0.25) is 0 Å². The van der Waals surface area contributed by atoms with Crippen molar-refractivity contribution in [3.63, 3.8) is 0 Å². The second kappa shape index (κ2) is 4.97. The molecule has 0 N–H and O–H groups in total. The van der Waals surface area contributed by atoms with E-state index in [-0.39, 0.29) is 5.41 Å². The van der Waals surface area contributed by atoms with Crippen molar-refractivity contribution in [3.8, 4) is 0 Å². The molecule has 3 nitrogen and oxygen atoms in total. The molecule has 1 aliphatic heterocycles. The van der Waals surface area contributed by atoms with E-state index in [4.69, 9.17) is 0 Å². The van der Waals surface area contributed by atoms with Crippen LogP contribution in [0.4, 0.5) is 13.2 Å². The second-order valence-corrected chi connectivity index (χ2v) is 9.51. The summed E-state index contributed by atoms with van der Waals surface area (Å²) in [6, 6.07) is 4.05. The normalized spacial score (nSPS) is 33.2. The van der Waals surface area contributed by atoms with Crippen LogP contribution in [0.15, 0.2) is 23.1 Å². The van der Waals surface area contributed by atoms with Crippen molar-refractivity contribution in [2.45, 2.75) is 42.0 Å². The van der Waals surface area contributed by atoms with Crippen LogP contribution >= 0.6 is 0 Å². The minimum atomic E-state index is -5.27. The quantitative estimate of drug-likeness (QED) is 0.772. The van der Waals surface area contributed by atoms with Crippen molar-refractivity contribution < 1.29 is 21.6 Å². The average molecular weight is 359 g/mol. The topological polar surface area (TPSA) is 37.4 Å². The number of hydrogen-bond acceptors (Lipinski definition) is 3. The van der Waals surface area contributed by atoms with Gasteiger partial charge in [0.15, 0.2) is 0 Å². The lowest BCUT2D eigenvalue weighted by atomic mass is 9.63. The van der Waals surface area contributed by atoms with E-state index in [1.807, 2.05) is 0 Å². The third-order valence-corrected chi connectivity index (χ3v) is 7.86. The van der Waals surface area contributed by atoms with Crippen LogP contribution in [0, 0.1) is 11.3 Å². The lowest BCUT2D eigenvalue weighted by Crippen LogP contribution is -2.36. The summed E-state index contributed by atoms with van der Waals surface area (Å²) in [4.78, 5) is 1.73. The predicted octanol–water partition coefficient (Wildman–Crippen LogP) is 3.35. The fraction of sp³-hybridized carbons (Fsp3) is 0.647. The number of fused-ring (bicyclic) bond motifs is 2. The Morgan fingerprint density at radius 3 is 2.71 bits per heavy atom. The molecule has 3 aliphatic rings. The number of benzene rings is 1. The van der Waals surface area contributed by atoms with E-state index in [0.29, 0.717) is 18.3 Å². The molecule has 1 aromatic carbocycles. The number of alkyl halides is 3. The van der Waals surface area contributed by atoms with Crippen LogP contribution in [0.5, 0.6) is 0 Å². The van der Waals surface area contributed by atoms with Crippen LogP contribution in [-0.4, -0.2) is 39.0 Å². The lowest BCUT2D eigenvalue weighted by Gasteiger charge is -2.41. The Hall–Kier alpha value is -1.08. The monoisotopic (exact) mass is 359 g/mol. The minimum Gasteiger partial charge on any atom is -0.305 e. The SMILES string of the molecule is CN1C[C@H]2CC[C@H]3c4ccc(S(=O)(=O)C(F)(F)F)cc4CCC23C1. The van der Waals surface area contributed by atoms with E-state index in [9.17, 15) is 21.6 Å². The Labute approximate surface area is 139 Å². The molecule has 1 heterocycles. The third-order valence-electron chi connectivity index (χ3n) is 6.37. The molecule has 1 saturated heterocycles. The molecule has 1 spiro atoms. The Bertz CT molecular complexity index is 790. The molecule has 2 aliphatic carbocycles. The highest BCUT2D eigenvalue weighted by Crippen LogP contribution is 2.61. The van der Waals surface area contributed by atoms with Crippen LogP contribution in [-0.2, 0) is 16.3 Å². The smallest absolute Gasteiger partial charge is 0.305 e. The van der Waals surface area contributed by atoms with Gasteiger partial charge in [0.25, 0.3) is 9.84 Å². The molecular weight excluding hydrogens is 339 g/mol. The van der Waals surface area contributed by atoms with Crippen molar-refractivity contribution in [2.24, 2.45) is 11.3 Å². The third kappa shape index (κ3) is 2.10. The van der Waals surface area contributed by atoms with Gasteiger partial charge in [0, 0.05) is 13.1 Å². The molecule has 1 aromatic rings. The van der Waals surface area contributed by atoms with Crippen molar-refractivity contribution in [1.29, 1.82) is 0 Å². The summed E-state index contributed by atoms with van der Waals surface area (Å²) in [5.41, 5.74) is -3.16. The number of likely N-dealkylation sites (tertiary alicyclic amines) is 1. The van der Waals surface area contributed by atoms with E-state index < -0.39 is 20.2 Å². The molecule has 7 heteroatoms. The first-order chi connectivity index (χ1) is 11.1. The van der Waals surface area contributed by atoms with Crippen molar-refractivity contribution in [1.82, 2.24) is 4.90 Å². The molecular formula is C17H20F3NO2S. The van der Waals surface area contributed by atoms with Crippen LogP contribution in [0.1, 0.15) is 36.3 Å². The molecule has 2 fully saturated rings. The highest BCUT2D eigenvalue weighted by Gasteiger charge is 2.56. The Kier molecular flexibility index (Phi) is 3.40. The largest absolute Gasteiger partial charge is 0.501 e. The number of sulfone groups is 1. The van der Waals surface area contributed by atoms with Gasteiger partial charge in [-0.25, -0.2) is 8.42 Å². The molecule has 24 heavy (non-hydrogen) atoms. The van der Waals surface area contributed by atoms with Crippen molar-refractivity contribution >= 4 is 9.84 Å². The van der Waals surface area contributed by atoms with Gasteiger partial charge in [0.05, 0.1) is 4.90 Å². The molecule has 1 saturated carbocycles.